The molecule has 0 aromatic heterocycles. The zero-order valence-corrected chi connectivity index (χ0v) is 7.23. The van der Waals surface area contributed by atoms with E-state index in [9.17, 15) is 4.39 Å². The summed E-state index contributed by atoms with van der Waals surface area (Å²) in [4.78, 5) is 2.41. The molecule has 0 saturated carbocycles. The second-order valence-corrected chi connectivity index (χ2v) is 3.01. The van der Waals surface area contributed by atoms with E-state index in [0.717, 1.165) is 5.92 Å². The lowest BCUT2D eigenvalue weighted by Gasteiger charge is -2.26. The highest BCUT2D eigenvalue weighted by Crippen LogP contribution is 2.12. The molecule has 0 N–H and O–H groups in total. The number of rotatable bonds is 0. The summed E-state index contributed by atoms with van der Waals surface area (Å²) in [5.74, 6) is 0.939. The Bertz CT molecular complexity index is 67.7. The fourth-order valence-corrected chi connectivity index (χ4v) is 1.42. The molecule has 1 aliphatic heterocycles. The summed E-state index contributed by atoms with van der Waals surface area (Å²) in [5, 5.41) is 0. The summed E-state index contributed by atoms with van der Waals surface area (Å²) in [5.41, 5.74) is 0. The van der Waals surface area contributed by atoms with Gasteiger partial charge in [0.2, 0.25) is 0 Å². The molecule has 1 atom stereocenters. The van der Waals surface area contributed by atoms with Crippen molar-refractivity contribution in [2.75, 3.05) is 27.3 Å². The Hall–Kier alpha value is -0.110. The molecule has 0 amide bonds. The van der Waals surface area contributed by atoms with Crippen LogP contribution < -0.4 is 0 Å². The van der Waals surface area contributed by atoms with Gasteiger partial charge in [-0.15, -0.1) is 0 Å². The molecule has 62 valence electrons. The van der Waals surface area contributed by atoms with E-state index < -0.39 is 0 Å². The molecule has 0 aliphatic carbocycles. The van der Waals surface area contributed by atoms with E-state index in [2.05, 4.69) is 18.9 Å². The Balaban J connectivity index is 0.000000371. The summed E-state index contributed by atoms with van der Waals surface area (Å²) < 4.78 is 9.50. The Morgan fingerprint density at radius 1 is 1.40 bits per heavy atom. The third-order valence-electron chi connectivity index (χ3n) is 1.86. The minimum Gasteiger partial charge on any atom is -0.306 e. The standard InChI is InChI=1S/C7H15N.CH3F/c1-7-4-3-5-8(2)6-7;1-2/h7H,3-6H2,1-2H3;1H3. The molecule has 0 spiro atoms. The van der Waals surface area contributed by atoms with Gasteiger partial charge in [-0.2, -0.15) is 0 Å². The largest absolute Gasteiger partial charge is 0.306 e. The van der Waals surface area contributed by atoms with Crippen molar-refractivity contribution in [2.45, 2.75) is 19.8 Å². The molecule has 1 nitrogen and oxygen atoms in total. The Morgan fingerprint density at radius 3 is 2.30 bits per heavy atom. The number of piperidine rings is 1. The number of likely N-dealkylation sites (tertiary alicyclic amines) is 1. The number of halogens is 1. The van der Waals surface area contributed by atoms with Gasteiger partial charge in [0, 0.05) is 6.54 Å². The maximum absolute atomic E-state index is 9.50. The summed E-state index contributed by atoms with van der Waals surface area (Å²) >= 11 is 0. The van der Waals surface area contributed by atoms with Crippen molar-refractivity contribution < 1.29 is 4.39 Å². The predicted molar refractivity (Wildman–Crippen MR) is 42.9 cm³/mol. The van der Waals surface area contributed by atoms with E-state index in [-0.39, 0.29) is 0 Å². The number of hydrogen-bond donors (Lipinski definition) is 0. The monoisotopic (exact) mass is 147 g/mol. The number of nitrogens with zero attached hydrogens (tertiary/aromatic N) is 1. The van der Waals surface area contributed by atoms with E-state index in [1.807, 2.05) is 0 Å². The molecule has 10 heavy (non-hydrogen) atoms. The van der Waals surface area contributed by atoms with Gasteiger partial charge in [-0.25, -0.2) is 0 Å². The lowest BCUT2D eigenvalue weighted by Crippen LogP contribution is -2.30. The van der Waals surface area contributed by atoms with Crippen molar-refractivity contribution in [3.63, 3.8) is 0 Å². The first-order valence-corrected chi connectivity index (χ1v) is 3.85. The summed E-state index contributed by atoms with van der Waals surface area (Å²) in [7, 11) is 2.70. The average molecular weight is 147 g/mol. The first-order valence-electron chi connectivity index (χ1n) is 3.85. The van der Waals surface area contributed by atoms with Gasteiger partial charge >= 0.3 is 0 Å². The Morgan fingerprint density at radius 2 is 2.00 bits per heavy atom. The van der Waals surface area contributed by atoms with Gasteiger partial charge in [0.25, 0.3) is 0 Å². The van der Waals surface area contributed by atoms with E-state index in [1.165, 1.54) is 25.9 Å². The summed E-state index contributed by atoms with van der Waals surface area (Å²) in [6.07, 6.45) is 2.84. The van der Waals surface area contributed by atoms with Crippen LogP contribution in [0.15, 0.2) is 0 Å². The zero-order chi connectivity index (χ0) is 7.98. The molecule has 2 heteroatoms. The molecule has 1 rings (SSSR count). The summed E-state index contributed by atoms with van der Waals surface area (Å²) in [6.45, 7) is 4.94. The second kappa shape index (κ2) is 5.66. The van der Waals surface area contributed by atoms with E-state index in [4.69, 9.17) is 0 Å². The minimum absolute atomic E-state index is 0.500. The van der Waals surface area contributed by atoms with Crippen molar-refractivity contribution in [3.05, 3.63) is 0 Å². The van der Waals surface area contributed by atoms with E-state index in [0.29, 0.717) is 7.18 Å². The van der Waals surface area contributed by atoms with Crippen molar-refractivity contribution in [3.8, 4) is 0 Å². The van der Waals surface area contributed by atoms with Crippen molar-refractivity contribution in [2.24, 2.45) is 5.92 Å². The first-order chi connectivity index (χ1) is 4.79. The van der Waals surface area contributed by atoms with Crippen LogP contribution in [0.2, 0.25) is 0 Å². The Labute approximate surface area is 63.2 Å². The van der Waals surface area contributed by atoms with Crippen LogP contribution in [-0.2, 0) is 0 Å². The highest BCUT2D eigenvalue weighted by atomic mass is 19.1. The van der Waals surface area contributed by atoms with E-state index in [1.54, 1.807) is 0 Å². The molecule has 1 saturated heterocycles. The highest BCUT2D eigenvalue weighted by molar-refractivity contribution is 4.65. The molecule has 1 aliphatic rings. The fourth-order valence-electron chi connectivity index (χ4n) is 1.42. The molecule has 1 heterocycles. The normalized spacial score (nSPS) is 27.0. The van der Waals surface area contributed by atoms with Gasteiger partial charge in [-0.3, -0.25) is 4.39 Å². The maximum atomic E-state index is 9.50. The van der Waals surface area contributed by atoms with Crippen LogP contribution in [0.4, 0.5) is 4.39 Å². The van der Waals surface area contributed by atoms with Crippen molar-refractivity contribution in [1.29, 1.82) is 0 Å². The van der Waals surface area contributed by atoms with Gasteiger partial charge in [0.1, 0.15) is 0 Å². The van der Waals surface area contributed by atoms with Crippen LogP contribution in [0.25, 0.3) is 0 Å². The first kappa shape index (κ1) is 9.89. The maximum Gasteiger partial charge on any atom is 0.0785 e. The van der Waals surface area contributed by atoms with Crippen molar-refractivity contribution >= 4 is 0 Å². The van der Waals surface area contributed by atoms with Gasteiger partial charge < -0.3 is 4.90 Å². The molecule has 0 bridgehead atoms. The smallest absolute Gasteiger partial charge is 0.0785 e. The van der Waals surface area contributed by atoms with Crippen LogP contribution in [0, 0.1) is 5.92 Å². The Kier molecular flexibility index (Phi) is 5.60. The predicted octanol–water partition coefficient (Wildman–Crippen LogP) is 1.93. The van der Waals surface area contributed by atoms with Gasteiger partial charge in [-0.1, -0.05) is 6.92 Å². The molecule has 0 aromatic rings. The second-order valence-electron chi connectivity index (χ2n) is 3.01. The topological polar surface area (TPSA) is 3.24 Å². The molecular formula is C8H18FN. The third kappa shape index (κ3) is 3.83. The molecule has 0 radical (unpaired) electrons. The van der Waals surface area contributed by atoms with Crippen LogP contribution in [0.5, 0.6) is 0 Å². The summed E-state index contributed by atoms with van der Waals surface area (Å²) in [6, 6.07) is 0. The molecule has 1 fully saturated rings. The number of hydrogen-bond acceptors (Lipinski definition) is 1. The van der Waals surface area contributed by atoms with Crippen LogP contribution in [-0.4, -0.2) is 32.2 Å². The fraction of sp³-hybridized carbons (Fsp3) is 1.00. The third-order valence-corrected chi connectivity index (χ3v) is 1.86. The van der Waals surface area contributed by atoms with Crippen LogP contribution >= 0.6 is 0 Å². The quantitative estimate of drug-likeness (QED) is 0.506. The van der Waals surface area contributed by atoms with Gasteiger partial charge in [0.05, 0.1) is 7.18 Å². The van der Waals surface area contributed by atoms with Crippen molar-refractivity contribution in [1.82, 2.24) is 4.90 Å². The zero-order valence-electron chi connectivity index (χ0n) is 7.23. The SMILES string of the molecule is CC1CCCN(C)C1.CF. The lowest BCUT2D eigenvalue weighted by molar-refractivity contribution is 0.221. The van der Waals surface area contributed by atoms with Gasteiger partial charge in [0.15, 0.2) is 0 Å². The number of alkyl halides is 1. The van der Waals surface area contributed by atoms with Crippen LogP contribution in [0.3, 0.4) is 0 Å². The average Bonchev–Trinajstić information content (AvgIpc) is 1.91. The van der Waals surface area contributed by atoms with Gasteiger partial charge in [-0.05, 0) is 32.4 Å². The highest BCUT2D eigenvalue weighted by Gasteiger charge is 2.11. The lowest BCUT2D eigenvalue weighted by atomic mass is 10.0. The molecule has 1 unspecified atom stereocenters. The minimum atomic E-state index is 0.500. The molecule has 0 aromatic carbocycles. The molecular weight excluding hydrogens is 129 g/mol. The van der Waals surface area contributed by atoms with E-state index >= 15 is 0 Å². The van der Waals surface area contributed by atoms with Crippen LogP contribution in [0.1, 0.15) is 19.8 Å².